The second kappa shape index (κ2) is 47.9. The summed E-state index contributed by atoms with van der Waals surface area (Å²) in [5.41, 5.74) is 0. The van der Waals surface area contributed by atoms with Crippen molar-refractivity contribution in [3.05, 3.63) is 122 Å². The molecule has 0 aromatic rings. The minimum Gasteiger partial charge on any atom is -0.387 e. The first kappa shape index (κ1) is 63.9. The first-order valence-electron chi connectivity index (χ1n) is 26.4. The van der Waals surface area contributed by atoms with Crippen molar-refractivity contribution in [2.45, 2.75) is 199 Å². The number of hydrogen-bond donors (Lipinski definition) is 3. The smallest absolute Gasteiger partial charge is 0.387 e. The number of hydrogen-bond acceptors (Lipinski definition) is 5. The second-order valence-corrected chi connectivity index (χ2v) is 20.0. The van der Waals surface area contributed by atoms with Gasteiger partial charge < -0.3 is 19.8 Å². The highest BCUT2D eigenvalue weighted by atomic mass is 31.2. The van der Waals surface area contributed by atoms with Crippen LogP contribution in [0.2, 0.25) is 0 Å². The first-order chi connectivity index (χ1) is 32.5. The number of phosphoric ester groups is 1. The van der Waals surface area contributed by atoms with Gasteiger partial charge in [-0.3, -0.25) is 13.8 Å². The maximum Gasteiger partial charge on any atom is 0.472 e. The van der Waals surface area contributed by atoms with E-state index in [-0.39, 0.29) is 19.1 Å². The molecule has 0 aromatic heterocycles. The van der Waals surface area contributed by atoms with E-state index in [1.54, 1.807) is 6.08 Å². The van der Waals surface area contributed by atoms with Crippen molar-refractivity contribution in [2.75, 3.05) is 40.9 Å². The number of aliphatic hydroxyl groups is 1. The van der Waals surface area contributed by atoms with Gasteiger partial charge in [-0.05, 0) is 96.3 Å². The van der Waals surface area contributed by atoms with Crippen LogP contribution < -0.4 is 5.32 Å². The monoisotopic (exact) mass is 952 g/mol. The fourth-order valence-electron chi connectivity index (χ4n) is 6.78. The van der Waals surface area contributed by atoms with Gasteiger partial charge in [-0.2, -0.15) is 0 Å². The Morgan fingerprint density at radius 3 is 1.37 bits per heavy atom. The van der Waals surface area contributed by atoms with E-state index in [9.17, 15) is 19.4 Å². The molecule has 1 amide bonds. The molecular formula is C58H100N2O6P+. The summed E-state index contributed by atoms with van der Waals surface area (Å²) in [6, 6.07) is -0.875. The van der Waals surface area contributed by atoms with Crippen LogP contribution in [0.4, 0.5) is 0 Å². The number of nitrogens with one attached hydrogen (secondary N) is 1. The van der Waals surface area contributed by atoms with Crippen LogP contribution in [0.5, 0.6) is 0 Å². The second-order valence-electron chi connectivity index (χ2n) is 18.5. The molecule has 0 bridgehead atoms. The van der Waals surface area contributed by atoms with Crippen LogP contribution in [-0.4, -0.2) is 73.4 Å². The number of likely N-dealkylation sites (N-methyl/N-ethyl adjacent to an activating group) is 1. The predicted molar refractivity (Wildman–Crippen MR) is 290 cm³/mol. The molecule has 0 aliphatic rings. The number of carbonyl (C=O) groups excluding carboxylic acids is 1. The lowest BCUT2D eigenvalue weighted by atomic mass is 10.1. The van der Waals surface area contributed by atoms with Crippen molar-refractivity contribution < 1.29 is 32.9 Å². The summed E-state index contributed by atoms with van der Waals surface area (Å²) in [5, 5.41) is 13.8. The molecule has 0 aromatic carbocycles. The number of allylic oxidation sites excluding steroid dienone is 19. The van der Waals surface area contributed by atoms with E-state index in [4.69, 9.17) is 9.05 Å². The summed E-state index contributed by atoms with van der Waals surface area (Å²) >= 11 is 0. The summed E-state index contributed by atoms with van der Waals surface area (Å²) in [5.74, 6) is -0.203. The Hall–Kier alpha value is -3.10. The Labute approximate surface area is 412 Å². The van der Waals surface area contributed by atoms with Gasteiger partial charge in [0.2, 0.25) is 5.91 Å². The Bertz CT molecular complexity index is 1500. The third-order valence-corrected chi connectivity index (χ3v) is 11.9. The van der Waals surface area contributed by atoms with Gasteiger partial charge in [0.05, 0.1) is 39.9 Å². The van der Waals surface area contributed by atoms with Gasteiger partial charge in [-0.1, -0.05) is 206 Å². The number of quaternary nitrogens is 1. The molecule has 9 heteroatoms. The molecule has 3 unspecified atom stereocenters. The van der Waals surface area contributed by atoms with Crippen molar-refractivity contribution >= 4 is 13.7 Å². The number of phosphoric acid groups is 1. The van der Waals surface area contributed by atoms with Crippen molar-refractivity contribution in [1.82, 2.24) is 5.32 Å². The molecule has 0 heterocycles. The maximum absolute atomic E-state index is 12.9. The number of unbranched alkanes of at least 4 members (excludes halogenated alkanes) is 15. The van der Waals surface area contributed by atoms with Gasteiger partial charge in [0, 0.05) is 6.42 Å². The number of rotatable bonds is 46. The number of aliphatic hydroxyl groups excluding tert-OH is 1. The highest BCUT2D eigenvalue weighted by Gasteiger charge is 2.27. The van der Waals surface area contributed by atoms with E-state index >= 15 is 0 Å². The SMILES string of the molecule is CC/C=C\C/C=C\C/C=C\C/C=C\C/C=C\C/C=C\C/C=C\C/C=C\CCCCCCCCCCC(=O)NC(COP(=O)(O)OCC[N+](C)(C)C)C(O)/C=C/CC/C=C/CCCCCCCC. The zero-order chi connectivity index (χ0) is 49.2. The van der Waals surface area contributed by atoms with Crippen molar-refractivity contribution in [3.8, 4) is 0 Å². The fourth-order valence-corrected chi connectivity index (χ4v) is 7.51. The van der Waals surface area contributed by atoms with Crippen LogP contribution in [0.25, 0.3) is 0 Å². The molecule has 0 radical (unpaired) electrons. The maximum atomic E-state index is 12.9. The molecule has 0 rings (SSSR count). The molecule has 3 atom stereocenters. The molecule has 0 saturated carbocycles. The molecule has 0 aliphatic carbocycles. The summed E-state index contributed by atoms with van der Waals surface area (Å²) in [7, 11) is 1.53. The van der Waals surface area contributed by atoms with E-state index < -0.39 is 20.0 Å². The van der Waals surface area contributed by atoms with E-state index in [2.05, 4.69) is 129 Å². The largest absolute Gasteiger partial charge is 0.472 e. The zero-order valence-corrected chi connectivity index (χ0v) is 44.2. The molecule has 67 heavy (non-hydrogen) atoms. The number of nitrogens with zero attached hydrogens (tertiary/aromatic N) is 1. The van der Waals surface area contributed by atoms with Crippen LogP contribution in [0.15, 0.2) is 122 Å². The summed E-state index contributed by atoms with van der Waals surface area (Å²) in [6.07, 6.45) is 71.5. The van der Waals surface area contributed by atoms with Gasteiger partial charge in [0.25, 0.3) is 0 Å². The quantitative estimate of drug-likeness (QED) is 0.0243. The normalized spacial score (nSPS) is 15.0. The Morgan fingerprint density at radius 2 is 0.910 bits per heavy atom. The number of carbonyl (C=O) groups is 1. The fraction of sp³-hybridized carbons (Fsp3) is 0.638. The summed E-state index contributed by atoms with van der Waals surface area (Å²) in [4.78, 5) is 23.2. The lowest BCUT2D eigenvalue weighted by molar-refractivity contribution is -0.870. The van der Waals surface area contributed by atoms with E-state index in [0.29, 0.717) is 17.4 Å². The molecule has 0 saturated heterocycles. The van der Waals surface area contributed by atoms with Crippen LogP contribution in [-0.2, 0) is 18.4 Å². The van der Waals surface area contributed by atoms with Gasteiger partial charge in [-0.15, -0.1) is 0 Å². The van der Waals surface area contributed by atoms with Crippen molar-refractivity contribution in [2.24, 2.45) is 0 Å². The van der Waals surface area contributed by atoms with Crippen LogP contribution in [0, 0.1) is 0 Å². The number of amides is 1. The molecule has 382 valence electrons. The van der Waals surface area contributed by atoms with Gasteiger partial charge in [-0.25, -0.2) is 4.57 Å². The van der Waals surface area contributed by atoms with Gasteiger partial charge >= 0.3 is 7.82 Å². The van der Waals surface area contributed by atoms with E-state index in [1.165, 1.54) is 64.2 Å². The lowest BCUT2D eigenvalue weighted by Crippen LogP contribution is -2.45. The average molecular weight is 952 g/mol. The standard InChI is InChI=1S/C58H99N2O6P/c1-6-8-10-12-14-16-18-20-21-22-23-24-25-26-27-28-29-30-31-32-33-34-35-36-37-38-39-40-42-44-46-48-50-52-58(62)59-56(55-66-67(63,64)65-54-53-60(3,4)5)57(61)51-49-47-45-43-41-19-17-15-13-11-9-7-2/h8,10,14,16,20-21,23-24,26-27,29-30,32-33,35-36,41,43,49,51,56-57,61H,6-7,9,11-13,15,17-19,22,25,28,31,34,37-40,42,44-48,50,52-55H2,1-5H3,(H-,59,62,63,64)/p+1/b10-8-,16-14-,21-20-,24-23-,27-26-,30-29-,33-32-,36-35-,43-41+,51-49+. The third-order valence-electron chi connectivity index (χ3n) is 10.9. The third kappa shape index (κ3) is 50.6. The minimum atomic E-state index is -4.36. The van der Waals surface area contributed by atoms with Crippen molar-refractivity contribution in [3.63, 3.8) is 0 Å². The van der Waals surface area contributed by atoms with Crippen molar-refractivity contribution in [1.29, 1.82) is 0 Å². The molecule has 0 spiro atoms. The van der Waals surface area contributed by atoms with Crippen LogP contribution >= 0.6 is 7.82 Å². The molecule has 0 fully saturated rings. The molecule has 0 aliphatic heterocycles. The summed E-state index contributed by atoms with van der Waals surface area (Å²) in [6.45, 7) is 4.63. The van der Waals surface area contributed by atoms with Crippen LogP contribution in [0.1, 0.15) is 187 Å². The first-order valence-corrected chi connectivity index (χ1v) is 27.9. The topological polar surface area (TPSA) is 105 Å². The minimum absolute atomic E-state index is 0.0478. The lowest BCUT2D eigenvalue weighted by Gasteiger charge is -2.25. The predicted octanol–water partition coefficient (Wildman–Crippen LogP) is 15.8. The highest BCUT2D eigenvalue weighted by molar-refractivity contribution is 7.47. The van der Waals surface area contributed by atoms with E-state index in [1.807, 2.05) is 27.2 Å². The molecule has 8 nitrogen and oxygen atoms in total. The summed E-state index contributed by atoms with van der Waals surface area (Å²) < 4.78 is 23.6. The Kier molecular flexibility index (Phi) is 45.7. The average Bonchev–Trinajstić information content (AvgIpc) is 3.29. The Balaban J connectivity index is 4.22. The van der Waals surface area contributed by atoms with Gasteiger partial charge in [0.15, 0.2) is 0 Å². The highest BCUT2D eigenvalue weighted by Crippen LogP contribution is 2.43. The Morgan fingerprint density at radius 1 is 0.522 bits per heavy atom. The molecule has 3 N–H and O–H groups in total. The zero-order valence-electron chi connectivity index (χ0n) is 43.3. The van der Waals surface area contributed by atoms with E-state index in [0.717, 1.165) is 103 Å². The van der Waals surface area contributed by atoms with Gasteiger partial charge in [0.1, 0.15) is 13.2 Å². The molecular weight excluding hydrogens is 852 g/mol. The van der Waals surface area contributed by atoms with Crippen LogP contribution in [0.3, 0.4) is 0 Å².